The SMILES string of the molecule is CC(C)C1CCCC2(CNCCO2)C1. The highest BCUT2D eigenvalue weighted by Crippen LogP contribution is 2.39. The molecular formula is C12H23NO. The van der Waals surface area contributed by atoms with Crippen molar-refractivity contribution in [2.75, 3.05) is 19.7 Å². The van der Waals surface area contributed by atoms with Crippen LogP contribution >= 0.6 is 0 Å². The van der Waals surface area contributed by atoms with Crippen LogP contribution in [0.1, 0.15) is 39.5 Å². The molecule has 2 heteroatoms. The summed E-state index contributed by atoms with van der Waals surface area (Å²) in [6.45, 7) is 7.72. The molecule has 0 aromatic rings. The van der Waals surface area contributed by atoms with Crippen LogP contribution in [0.2, 0.25) is 0 Å². The van der Waals surface area contributed by atoms with Crippen LogP contribution in [-0.2, 0) is 4.74 Å². The quantitative estimate of drug-likeness (QED) is 0.696. The van der Waals surface area contributed by atoms with Crippen LogP contribution in [0.5, 0.6) is 0 Å². The lowest BCUT2D eigenvalue weighted by Crippen LogP contribution is -2.52. The molecule has 0 amide bonds. The molecular weight excluding hydrogens is 174 g/mol. The van der Waals surface area contributed by atoms with Crippen molar-refractivity contribution in [3.63, 3.8) is 0 Å². The Balaban J connectivity index is 1.97. The second kappa shape index (κ2) is 4.19. The third-order valence-corrected chi connectivity index (χ3v) is 3.92. The molecule has 1 spiro atoms. The van der Waals surface area contributed by atoms with Crippen molar-refractivity contribution in [2.24, 2.45) is 11.8 Å². The van der Waals surface area contributed by atoms with E-state index in [2.05, 4.69) is 19.2 Å². The van der Waals surface area contributed by atoms with Crippen LogP contribution in [0.25, 0.3) is 0 Å². The fourth-order valence-electron chi connectivity index (χ4n) is 2.94. The molecule has 0 aromatic heterocycles. The van der Waals surface area contributed by atoms with Gasteiger partial charge in [-0.2, -0.15) is 0 Å². The largest absolute Gasteiger partial charge is 0.372 e. The molecule has 2 fully saturated rings. The predicted octanol–water partition coefficient (Wildman–Crippen LogP) is 2.19. The van der Waals surface area contributed by atoms with Gasteiger partial charge in [0.2, 0.25) is 0 Å². The van der Waals surface area contributed by atoms with E-state index in [0.29, 0.717) is 0 Å². The van der Waals surface area contributed by atoms with Crippen LogP contribution in [0, 0.1) is 11.8 Å². The summed E-state index contributed by atoms with van der Waals surface area (Å²) in [7, 11) is 0. The molecule has 0 radical (unpaired) electrons. The fraction of sp³-hybridized carbons (Fsp3) is 1.00. The van der Waals surface area contributed by atoms with Crippen molar-refractivity contribution in [3.8, 4) is 0 Å². The molecule has 0 bridgehead atoms. The molecule has 2 nitrogen and oxygen atoms in total. The molecule has 2 aliphatic rings. The summed E-state index contributed by atoms with van der Waals surface area (Å²) in [5.41, 5.74) is 0.200. The average molecular weight is 197 g/mol. The molecule has 1 N–H and O–H groups in total. The summed E-state index contributed by atoms with van der Waals surface area (Å²) in [4.78, 5) is 0. The van der Waals surface area contributed by atoms with E-state index >= 15 is 0 Å². The molecule has 1 saturated heterocycles. The first-order valence-corrected chi connectivity index (χ1v) is 6.07. The normalized spacial score (nSPS) is 39.2. The second-order valence-electron chi connectivity index (χ2n) is 5.31. The minimum atomic E-state index is 0.200. The molecule has 1 saturated carbocycles. The van der Waals surface area contributed by atoms with Crippen molar-refractivity contribution >= 4 is 0 Å². The third kappa shape index (κ3) is 2.12. The van der Waals surface area contributed by atoms with Gasteiger partial charge in [0, 0.05) is 13.1 Å². The summed E-state index contributed by atoms with van der Waals surface area (Å²) < 4.78 is 6.02. The van der Waals surface area contributed by atoms with Gasteiger partial charge in [-0.25, -0.2) is 0 Å². The minimum absolute atomic E-state index is 0.200. The van der Waals surface area contributed by atoms with Crippen LogP contribution in [0.15, 0.2) is 0 Å². The molecule has 2 atom stereocenters. The highest BCUT2D eigenvalue weighted by atomic mass is 16.5. The Morgan fingerprint density at radius 3 is 2.93 bits per heavy atom. The molecule has 2 rings (SSSR count). The first kappa shape index (κ1) is 10.4. The molecule has 2 unspecified atom stereocenters. The van der Waals surface area contributed by atoms with Gasteiger partial charge in [0.05, 0.1) is 12.2 Å². The second-order valence-corrected chi connectivity index (χ2v) is 5.31. The fourth-order valence-corrected chi connectivity index (χ4v) is 2.94. The molecule has 0 aromatic carbocycles. The first-order valence-electron chi connectivity index (χ1n) is 6.07. The van der Waals surface area contributed by atoms with Gasteiger partial charge in [-0.3, -0.25) is 0 Å². The average Bonchev–Trinajstić information content (AvgIpc) is 2.19. The van der Waals surface area contributed by atoms with Crippen LogP contribution in [-0.4, -0.2) is 25.3 Å². The van der Waals surface area contributed by atoms with E-state index < -0.39 is 0 Å². The number of nitrogens with one attached hydrogen (secondary N) is 1. The van der Waals surface area contributed by atoms with Crippen LogP contribution in [0.4, 0.5) is 0 Å². The Morgan fingerprint density at radius 1 is 1.43 bits per heavy atom. The summed E-state index contributed by atoms with van der Waals surface area (Å²) in [5, 5.41) is 3.48. The zero-order chi connectivity index (χ0) is 10.0. The van der Waals surface area contributed by atoms with Crippen molar-refractivity contribution in [1.82, 2.24) is 5.32 Å². The molecule has 1 aliphatic carbocycles. The van der Waals surface area contributed by atoms with Gasteiger partial charge in [-0.15, -0.1) is 0 Å². The zero-order valence-corrected chi connectivity index (χ0v) is 9.51. The summed E-state index contributed by atoms with van der Waals surface area (Å²) >= 11 is 0. The maximum Gasteiger partial charge on any atom is 0.0809 e. The molecule has 1 heterocycles. The summed E-state index contributed by atoms with van der Waals surface area (Å²) in [6.07, 6.45) is 5.30. The Morgan fingerprint density at radius 2 is 2.29 bits per heavy atom. The third-order valence-electron chi connectivity index (χ3n) is 3.92. The van der Waals surface area contributed by atoms with Crippen molar-refractivity contribution in [3.05, 3.63) is 0 Å². The molecule has 1 aliphatic heterocycles. The smallest absolute Gasteiger partial charge is 0.0809 e. The van der Waals surface area contributed by atoms with E-state index in [1.54, 1.807) is 0 Å². The van der Waals surface area contributed by atoms with E-state index in [1.165, 1.54) is 25.7 Å². The lowest BCUT2D eigenvalue weighted by atomic mass is 9.73. The molecule has 82 valence electrons. The molecule has 14 heavy (non-hydrogen) atoms. The number of ether oxygens (including phenoxy) is 1. The van der Waals surface area contributed by atoms with Gasteiger partial charge in [0.1, 0.15) is 0 Å². The van der Waals surface area contributed by atoms with E-state index in [9.17, 15) is 0 Å². The highest BCUT2D eigenvalue weighted by Gasteiger charge is 2.39. The van der Waals surface area contributed by atoms with Gasteiger partial charge in [0.15, 0.2) is 0 Å². The number of morpholine rings is 1. The lowest BCUT2D eigenvalue weighted by molar-refractivity contribution is -0.103. The topological polar surface area (TPSA) is 21.3 Å². The van der Waals surface area contributed by atoms with Gasteiger partial charge < -0.3 is 10.1 Å². The maximum absolute atomic E-state index is 6.02. The maximum atomic E-state index is 6.02. The van der Waals surface area contributed by atoms with Crippen molar-refractivity contribution < 1.29 is 4.74 Å². The number of hydrogen-bond donors (Lipinski definition) is 1. The lowest BCUT2D eigenvalue weighted by Gasteiger charge is -2.44. The van der Waals surface area contributed by atoms with Crippen LogP contribution in [0.3, 0.4) is 0 Å². The Hall–Kier alpha value is -0.0800. The Kier molecular flexibility index (Phi) is 3.13. The van der Waals surface area contributed by atoms with Gasteiger partial charge in [-0.1, -0.05) is 20.3 Å². The van der Waals surface area contributed by atoms with Gasteiger partial charge in [0.25, 0.3) is 0 Å². The minimum Gasteiger partial charge on any atom is -0.372 e. The summed E-state index contributed by atoms with van der Waals surface area (Å²) in [5.74, 6) is 1.70. The highest BCUT2D eigenvalue weighted by molar-refractivity contribution is 4.92. The zero-order valence-electron chi connectivity index (χ0n) is 9.51. The first-order chi connectivity index (χ1) is 6.72. The van der Waals surface area contributed by atoms with E-state index in [-0.39, 0.29) is 5.60 Å². The van der Waals surface area contributed by atoms with Gasteiger partial charge >= 0.3 is 0 Å². The standard InChI is InChI=1S/C12H23NO/c1-10(2)11-4-3-5-12(8-11)9-13-6-7-14-12/h10-11,13H,3-9H2,1-2H3. The van der Waals surface area contributed by atoms with E-state index in [4.69, 9.17) is 4.74 Å². The van der Waals surface area contributed by atoms with Crippen LogP contribution < -0.4 is 5.32 Å². The van der Waals surface area contributed by atoms with Crippen molar-refractivity contribution in [1.29, 1.82) is 0 Å². The van der Waals surface area contributed by atoms with Gasteiger partial charge in [-0.05, 0) is 31.1 Å². The Labute approximate surface area is 87.4 Å². The van der Waals surface area contributed by atoms with Crippen molar-refractivity contribution in [2.45, 2.75) is 45.1 Å². The Bertz CT molecular complexity index is 179. The van der Waals surface area contributed by atoms with E-state index in [1.807, 2.05) is 0 Å². The van der Waals surface area contributed by atoms with E-state index in [0.717, 1.165) is 31.5 Å². The number of hydrogen-bond acceptors (Lipinski definition) is 2. The summed E-state index contributed by atoms with van der Waals surface area (Å²) in [6, 6.07) is 0. The predicted molar refractivity (Wildman–Crippen MR) is 58.3 cm³/mol. The number of rotatable bonds is 1. The monoisotopic (exact) mass is 197 g/mol.